The second-order valence-corrected chi connectivity index (χ2v) is 8.00. The predicted octanol–water partition coefficient (Wildman–Crippen LogP) is 7.89. The Kier molecular flexibility index (Phi) is 6.35. The SMILES string of the molecule is C=CC1c2cc(C)ccc2-c2ccc(C)c(CCCCCCCCC)c21. The maximum Gasteiger partial charge on any atom is 0.0282 e. The number of hydrogen-bond donors (Lipinski definition) is 0. The van der Waals surface area contributed by atoms with E-state index >= 15 is 0 Å². The molecule has 0 spiro atoms. The van der Waals surface area contributed by atoms with Crippen LogP contribution in [0.15, 0.2) is 43.0 Å². The molecule has 0 nitrogen and oxygen atoms in total. The molecule has 138 valence electrons. The zero-order valence-electron chi connectivity index (χ0n) is 16.9. The smallest absolute Gasteiger partial charge is 0.0282 e. The highest BCUT2D eigenvalue weighted by Crippen LogP contribution is 2.48. The molecule has 2 aromatic rings. The van der Waals surface area contributed by atoms with Crippen LogP contribution in [-0.2, 0) is 6.42 Å². The van der Waals surface area contributed by atoms with E-state index in [1.807, 2.05) is 0 Å². The Balaban J connectivity index is 1.78. The zero-order chi connectivity index (χ0) is 18.5. The van der Waals surface area contributed by atoms with Crippen molar-refractivity contribution in [3.05, 3.63) is 70.8 Å². The summed E-state index contributed by atoms with van der Waals surface area (Å²) in [4.78, 5) is 0. The van der Waals surface area contributed by atoms with E-state index in [-0.39, 0.29) is 0 Å². The van der Waals surface area contributed by atoms with Crippen LogP contribution in [0.25, 0.3) is 11.1 Å². The highest BCUT2D eigenvalue weighted by Gasteiger charge is 2.29. The topological polar surface area (TPSA) is 0 Å². The summed E-state index contributed by atoms with van der Waals surface area (Å²) >= 11 is 0. The van der Waals surface area contributed by atoms with Crippen LogP contribution >= 0.6 is 0 Å². The second-order valence-electron chi connectivity index (χ2n) is 8.00. The van der Waals surface area contributed by atoms with E-state index in [4.69, 9.17) is 0 Å². The van der Waals surface area contributed by atoms with E-state index in [2.05, 4.69) is 63.8 Å². The van der Waals surface area contributed by atoms with E-state index < -0.39 is 0 Å². The van der Waals surface area contributed by atoms with Gasteiger partial charge in [0.2, 0.25) is 0 Å². The fourth-order valence-electron chi connectivity index (χ4n) is 4.54. The van der Waals surface area contributed by atoms with Crippen molar-refractivity contribution in [1.82, 2.24) is 0 Å². The van der Waals surface area contributed by atoms with E-state index in [1.54, 1.807) is 5.56 Å². The minimum absolute atomic E-state index is 0.361. The van der Waals surface area contributed by atoms with Crippen molar-refractivity contribution in [2.45, 2.75) is 78.1 Å². The van der Waals surface area contributed by atoms with Crippen molar-refractivity contribution in [2.75, 3.05) is 0 Å². The lowest BCUT2D eigenvalue weighted by atomic mass is 9.87. The molecule has 0 aliphatic heterocycles. The van der Waals surface area contributed by atoms with Crippen LogP contribution in [0.2, 0.25) is 0 Å². The zero-order valence-corrected chi connectivity index (χ0v) is 16.9. The van der Waals surface area contributed by atoms with Crippen molar-refractivity contribution >= 4 is 0 Å². The van der Waals surface area contributed by atoms with E-state index in [0.29, 0.717) is 5.92 Å². The Bertz CT molecular complexity index is 766. The Morgan fingerprint density at radius 2 is 1.58 bits per heavy atom. The molecule has 0 saturated carbocycles. The monoisotopic (exact) mass is 346 g/mol. The predicted molar refractivity (Wildman–Crippen MR) is 115 cm³/mol. The van der Waals surface area contributed by atoms with Gasteiger partial charge >= 0.3 is 0 Å². The molecule has 0 aromatic heterocycles. The molecule has 0 fully saturated rings. The lowest BCUT2D eigenvalue weighted by Gasteiger charge is -2.16. The molecule has 0 heterocycles. The highest BCUT2D eigenvalue weighted by atomic mass is 14.3. The Morgan fingerprint density at radius 1 is 0.885 bits per heavy atom. The molecule has 1 unspecified atom stereocenters. The first-order chi connectivity index (χ1) is 12.7. The number of hydrogen-bond acceptors (Lipinski definition) is 0. The summed E-state index contributed by atoms with van der Waals surface area (Å²) in [5.74, 6) is 0.361. The van der Waals surface area contributed by atoms with Gasteiger partial charge in [-0.05, 0) is 60.1 Å². The van der Waals surface area contributed by atoms with Gasteiger partial charge in [0, 0.05) is 5.92 Å². The standard InChI is InChI=1S/C26H34/c1-5-7-8-9-10-11-12-13-22-20(4)15-17-24-23-16-14-19(3)18-25(23)21(6-2)26(22)24/h6,14-18,21H,2,5,7-13H2,1,3-4H3. The number of benzene rings is 2. The van der Waals surface area contributed by atoms with Gasteiger partial charge in [-0.3, -0.25) is 0 Å². The fraction of sp³-hybridized carbons (Fsp3) is 0.462. The molecule has 26 heavy (non-hydrogen) atoms. The first-order valence-electron chi connectivity index (χ1n) is 10.5. The molecular weight excluding hydrogens is 312 g/mol. The highest BCUT2D eigenvalue weighted by molar-refractivity contribution is 5.82. The summed E-state index contributed by atoms with van der Waals surface area (Å²) in [7, 11) is 0. The van der Waals surface area contributed by atoms with Gasteiger partial charge in [0.25, 0.3) is 0 Å². The number of fused-ring (bicyclic) bond motifs is 3. The van der Waals surface area contributed by atoms with Gasteiger partial charge < -0.3 is 0 Å². The fourth-order valence-corrected chi connectivity index (χ4v) is 4.54. The number of aryl methyl sites for hydroxylation is 2. The van der Waals surface area contributed by atoms with Crippen LogP contribution in [0.1, 0.15) is 85.6 Å². The minimum Gasteiger partial charge on any atom is -0.102 e. The first-order valence-corrected chi connectivity index (χ1v) is 10.5. The van der Waals surface area contributed by atoms with Crippen molar-refractivity contribution in [3.63, 3.8) is 0 Å². The quantitative estimate of drug-likeness (QED) is 0.320. The molecule has 0 amide bonds. The minimum atomic E-state index is 0.361. The molecular formula is C26H34. The van der Waals surface area contributed by atoms with E-state index in [9.17, 15) is 0 Å². The normalized spacial score (nSPS) is 15.0. The molecule has 0 radical (unpaired) electrons. The average molecular weight is 347 g/mol. The van der Waals surface area contributed by atoms with Crippen molar-refractivity contribution in [3.8, 4) is 11.1 Å². The third kappa shape index (κ3) is 3.80. The Morgan fingerprint density at radius 3 is 2.31 bits per heavy atom. The van der Waals surface area contributed by atoms with Crippen LogP contribution < -0.4 is 0 Å². The molecule has 1 atom stereocenters. The molecule has 1 aliphatic carbocycles. The van der Waals surface area contributed by atoms with E-state index in [1.165, 1.54) is 84.7 Å². The summed E-state index contributed by atoms with van der Waals surface area (Å²) in [5, 5.41) is 0. The molecule has 0 bridgehead atoms. The maximum absolute atomic E-state index is 4.18. The van der Waals surface area contributed by atoms with Crippen LogP contribution in [-0.4, -0.2) is 0 Å². The molecule has 0 saturated heterocycles. The van der Waals surface area contributed by atoms with Gasteiger partial charge in [0.05, 0.1) is 0 Å². The number of unbranched alkanes of at least 4 members (excludes halogenated alkanes) is 6. The molecule has 3 rings (SSSR count). The number of allylic oxidation sites excluding steroid dienone is 1. The summed E-state index contributed by atoms with van der Waals surface area (Å²) < 4.78 is 0. The lowest BCUT2D eigenvalue weighted by Crippen LogP contribution is -2.01. The van der Waals surface area contributed by atoms with Crippen LogP contribution in [0, 0.1) is 13.8 Å². The summed E-state index contributed by atoms with van der Waals surface area (Å²) in [5.41, 5.74) is 10.2. The van der Waals surface area contributed by atoms with Gasteiger partial charge in [-0.15, -0.1) is 6.58 Å². The summed E-state index contributed by atoms with van der Waals surface area (Å²) in [6, 6.07) is 11.6. The third-order valence-corrected chi connectivity index (χ3v) is 6.00. The lowest BCUT2D eigenvalue weighted by molar-refractivity contribution is 0.588. The average Bonchev–Trinajstić information content (AvgIpc) is 2.95. The van der Waals surface area contributed by atoms with Crippen LogP contribution in [0.4, 0.5) is 0 Å². The van der Waals surface area contributed by atoms with E-state index in [0.717, 1.165) is 0 Å². The molecule has 2 aromatic carbocycles. The third-order valence-electron chi connectivity index (χ3n) is 6.00. The molecule has 0 heteroatoms. The summed E-state index contributed by atoms with van der Waals surface area (Å²) in [6.45, 7) is 10.9. The molecule has 1 aliphatic rings. The van der Waals surface area contributed by atoms with Crippen molar-refractivity contribution in [1.29, 1.82) is 0 Å². The van der Waals surface area contributed by atoms with Crippen molar-refractivity contribution in [2.24, 2.45) is 0 Å². The van der Waals surface area contributed by atoms with Crippen LogP contribution in [0.3, 0.4) is 0 Å². The van der Waals surface area contributed by atoms with Gasteiger partial charge in [-0.1, -0.05) is 87.4 Å². The van der Waals surface area contributed by atoms with Gasteiger partial charge in [-0.25, -0.2) is 0 Å². The number of rotatable bonds is 9. The second kappa shape index (κ2) is 8.71. The molecule has 0 N–H and O–H groups in total. The van der Waals surface area contributed by atoms with Gasteiger partial charge in [-0.2, -0.15) is 0 Å². The largest absolute Gasteiger partial charge is 0.102 e. The maximum atomic E-state index is 4.18. The first kappa shape index (κ1) is 19.0. The van der Waals surface area contributed by atoms with Gasteiger partial charge in [0.1, 0.15) is 0 Å². The van der Waals surface area contributed by atoms with Crippen molar-refractivity contribution < 1.29 is 0 Å². The van der Waals surface area contributed by atoms with Gasteiger partial charge in [0.15, 0.2) is 0 Å². The van der Waals surface area contributed by atoms with Crippen LogP contribution in [0.5, 0.6) is 0 Å². The summed E-state index contributed by atoms with van der Waals surface area (Å²) in [6.07, 6.45) is 12.9. The Labute approximate surface area is 160 Å². The Hall–Kier alpha value is -1.82.